The zero-order valence-corrected chi connectivity index (χ0v) is 9.66. The molecule has 0 aromatic heterocycles. The molecule has 15 heavy (non-hydrogen) atoms. The van der Waals surface area contributed by atoms with Gasteiger partial charge in [-0.05, 0) is 18.9 Å². The molecule has 0 aliphatic carbocycles. The molecule has 0 aliphatic heterocycles. The average molecular weight is 208 g/mol. The molecule has 2 heteroatoms. The van der Waals surface area contributed by atoms with Gasteiger partial charge < -0.3 is 0 Å². The van der Waals surface area contributed by atoms with Gasteiger partial charge >= 0.3 is 0 Å². The van der Waals surface area contributed by atoms with E-state index in [1.54, 1.807) is 0 Å². The van der Waals surface area contributed by atoms with Gasteiger partial charge in [-0.15, -0.1) is 0 Å². The standard InChI is InChI=1S/C13H20O2/c1-3-4-5-10-14-15-11-13-8-6-12(2)7-9-13/h6-9H,3-5,10-11H2,1-2H3. The average Bonchev–Trinajstić information content (AvgIpc) is 2.26. The van der Waals surface area contributed by atoms with Gasteiger partial charge in [-0.3, -0.25) is 0 Å². The first kappa shape index (κ1) is 12.2. The normalized spacial score (nSPS) is 10.5. The highest BCUT2D eigenvalue weighted by Gasteiger charge is 1.93. The molecule has 0 saturated heterocycles. The monoisotopic (exact) mass is 208 g/mol. The summed E-state index contributed by atoms with van der Waals surface area (Å²) < 4.78 is 0. The Balaban J connectivity index is 2.07. The summed E-state index contributed by atoms with van der Waals surface area (Å²) in [7, 11) is 0. The fourth-order valence-corrected chi connectivity index (χ4v) is 1.26. The van der Waals surface area contributed by atoms with Gasteiger partial charge in [0, 0.05) is 0 Å². The van der Waals surface area contributed by atoms with Crippen LogP contribution < -0.4 is 0 Å². The Morgan fingerprint density at radius 1 is 1.00 bits per heavy atom. The van der Waals surface area contributed by atoms with Crippen LogP contribution in [0.4, 0.5) is 0 Å². The summed E-state index contributed by atoms with van der Waals surface area (Å²) in [5.41, 5.74) is 2.42. The molecule has 84 valence electrons. The number of hydrogen-bond donors (Lipinski definition) is 0. The van der Waals surface area contributed by atoms with E-state index >= 15 is 0 Å². The number of hydrogen-bond acceptors (Lipinski definition) is 2. The van der Waals surface area contributed by atoms with E-state index < -0.39 is 0 Å². The highest BCUT2D eigenvalue weighted by molar-refractivity contribution is 5.20. The van der Waals surface area contributed by atoms with E-state index in [2.05, 4.69) is 38.1 Å². The first-order valence-electron chi connectivity index (χ1n) is 5.63. The van der Waals surface area contributed by atoms with Gasteiger partial charge in [-0.2, -0.15) is 0 Å². The maximum atomic E-state index is 5.11. The molecular formula is C13H20O2. The van der Waals surface area contributed by atoms with Crippen molar-refractivity contribution in [1.29, 1.82) is 0 Å². The molecule has 0 fully saturated rings. The van der Waals surface area contributed by atoms with E-state index in [0.717, 1.165) is 12.0 Å². The number of aryl methyl sites for hydroxylation is 1. The van der Waals surface area contributed by atoms with Crippen molar-refractivity contribution in [3.63, 3.8) is 0 Å². The first-order valence-corrected chi connectivity index (χ1v) is 5.63. The molecule has 1 aromatic rings. The fraction of sp³-hybridized carbons (Fsp3) is 0.538. The number of unbranched alkanes of at least 4 members (excludes halogenated alkanes) is 2. The second kappa shape index (κ2) is 7.43. The van der Waals surface area contributed by atoms with Gasteiger partial charge in [-0.25, -0.2) is 9.78 Å². The predicted molar refractivity (Wildman–Crippen MR) is 61.4 cm³/mol. The summed E-state index contributed by atoms with van der Waals surface area (Å²) in [5.74, 6) is 0. The Labute approximate surface area is 92.1 Å². The summed E-state index contributed by atoms with van der Waals surface area (Å²) in [6, 6.07) is 8.28. The van der Waals surface area contributed by atoms with Crippen molar-refractivity contribution < 1.29 is 9.78 Å². The molecule has 0 saturated carbocycles. The van der Waals surface area contributed by atoms with Gasteiger partial charge in [0.1, 0.15) is 6.61 Å². The van der Waals surface area contributed by atoms with Crippen LogP contribution in [0.2, 0.25) is 0 Å². The summed E-state index contributed by atoms with van der Waals surface area (Å²) in [6.07, 6.45) is 3.49. The predicted octanol–water partition coefficient (Wildman–Crippen LogP) is 3.63. The van der Waals surface area contributed by atoms with Crippen LogP contribution in [-0.4, -0.2) is 6.61 Å². The highest BCUT2D eigenvalue weighted by atomic mass is 17.2. The lowest BCUT2D eigenvalue weighted by atomic mass is 10.2. The quantitative estimate of drug-likeness (QED) is 0.387. The lowest BCUT2D eigenvalue weighted by molar-refractivity contribution is -0.304. The Hall–Kier alpha value is -0.860. The van der Waals surface area contributed by atoms with Crippen molar-refractivity contribution in [3.8, 4) is 0 Å². The number of rotatable bonds is 7. The van der Waals surface area contributed by atoms with Crippen molar-refractivity contribution in [3.05, 3.63) is 35.4 Å². The van der Waals surface area contributed by atoms with Crippen molar-refractivity contribution in [2.45, 2.75) is 39.7 Å². The zero-order chi connectivity index (χ0) is 10.9. The van der Waals surface area contributed by atoms with E-state index in [1.807, 2.05) is 0 Å². The van der Waals surface area contributed by atoms with Gasteiger partial charge in [0.25, 0.3) is 0 Å². The molecule has 0 N–H and O–H groups in total. The second-order valence-electron chi connectivity index (χ2n) is 3.78. The van der Waals surface area contributed by atoms with E-state index in [0.29, 0.717) is 13.2 Å². The smallest absolute Gasteiger partial charge is 0.107 e. The third-order valence-electron chi connectivity index (χ3n) is 2.26. The third kappa shape index (κ3) is 5.55. The molecule has 0 atom stereocenters. The summed E-state index contributed by atoms with van der Waals surface area (Å²) in [4.78, 5) is 10.2. The molecule has 0 heterocycles. The largest absolute Gasteiger partial charge is 0.236 e. The van der Waals surface area contributed by atoms with Crippen LogP contribution in [0.3, 0.4) is 0 Å². The lowest BCUT2D eigenvalue weighted by Gasteiger charge is -2.04. The van der Waals surface area contributed by atoms with Crippen molar-refractivity contribution in [2.24, 2.45) is 0 Å². The van der Waals surface area contributed by atoms with Crippen LogP contribution in [0.15, 0.2) is 24.3 Å². The molecule has 0 amide bonds. The Kier molecular flexibility index (Phi) is 6.05. The molecule has 2 nitrogen and oxygen atoms in total. The van der Waals surface area contributed by atoms with Crippen LogP contribution in [-0.2, 0) is 16.4 Å². The minimum atomic E-state index is 0.534. The molecule has 0 unspecified atom stereocenters. The SMILES string of the molecule is CCCCCOOCc1ccc(C)cc1. The lowest BCUT2D eigenvalue weighted by Crippen LogP contribution is -1.97. The Bertz CT molecular complexity index is 254. The van der Waals surface area contributed by atoms with E-state index in [-0.39, 0.29) is 0 Å². The molecule has 0 bridgehead atoms. The molecule has 0 spiro atoms. The molecule has 0 aliphatic rings. The summed E-state index contributed by atoms with van der Waals surface area (Å²) in [6.45, 7) is 5.48. The minimum Gasteiger partial charge on any atom is -0.236 e. The van der Waals surface area contributed by atoms with E-state index in [1.165, 1.54) is 18.4 Å². The van der Waals surface area contributed by atoms with Gasteiger partial charge in [0.2, 0.25) is 0 Å². The van der Waals surface area contributed by atoms with Crippen molar-refractivity contribution in [1.82, 2.24) is 0 Å². The Morgan fingerprint density at radius 3 is 2.40 bits per heavy atom. The third-order valence-corrected chi connectivity index (χ3v) is 2.26. The minimum absolute atomic E-state index is 0.534. The van der Waals surface area contributed by atoms with Gasteiger partial charge in [0.05, 0.1) is 6.61 Å². The van der Waals surface area contributed by atoms with Crippen LogP contribution in [0.1, 0.15) is 37.3 Å². The highest BCUT2D eigenvalue weighted by Crippen LogP contribution is 2.05. The van der Waals surface area contributed by atoms with Gasteiger partial charge in [-0.1, -0.05) is 49.6 Å². The topological polar surface area (TPSA) is 18.5 Å². The van der Waals surface area contributed by atoms with Crippen LogP contribution in [0.25, 0.3) is 0 Å². The maximum Gasteiger partial charge on any atom is 0.107 e. The zero-order valence-electron chi connectivity index (χ0n) is 9.66. The maximum absolute atomic E-state index is 5.11. The molecule has 1 rings (SSSR count). The molecule has 0 radical (unpaired) electrons. The Morgan fingerprint density at radius 2 is 1.73 bits per heavy atom. The van der Waals surface area contributed by atoms with Crippen molar-refractivity contribution >= 4 is 0 Å². The van der Waals surface area contributed by atoms with Gasteiger partial charge in [0.15, 0.2) is 0 Å². The molecular weight excluding hydrogens is 188 g/mol. The van der Waals surface area contributed by atoms with E-state index in [4.69, 9.17) is 9.78 Å². The van der Waals surface area contributed by atoms with Crippen molar-refractivity contribution in [2.75, 3.05) is 6.61 Å². The summed E-state index contributed by atoms with van der Waals surface area (Å²) in [5, 5.41) is 0. The van der Waals surface area contributed by atoms with Crippen LogP contribution in [0.5, 0.6) is 0 Å². The molecule has 1 aromatic carbocycles. The van der Waals surface area contributed by atoms with E-state index in [9.17, 15) is 0 Å². The second-order valence-corrected chi connectivity index (χ2v) is 3.78. The summed E-state index contributed by atoms with van der Waals surface area (Å²) >= 11 is 0. The van der Waals surface area contributed by atoms with Crippen LogP contribution in [0, 0.1) is 6.92 Å². The van der Waals surface area contributed by atoms with Crippen LogP contribution >= 0.6 is 0 Å². The number of benzene rings is 1. The fourth-order valence-electron chi connectivity index (χ4n) is 1.26. The first-order chi connectivity index (χ1) is 7.33.